The van der Waals surface area contributed by atoms with Crippen LogP contribution in [-0.2, 0) is 23.8 Å². The lowest BCUT2D eigenvalue weighted by molar-refractivity contribution is -0.186. The summed E-state index contributed by atoms with van der Waals surface area (Å²) in [5, 5.41) is 22.0. The smallest absolute Gasteiger partial charge is 0.331 e. The number of hydrogen-bond donors (Lipinski definition) is 3. The molecule has 3 N–H and O–H groups in total. The zero-order chi connectivity index (χ0) is 16.0. The number of methoxy groups -OCH3 is 1. The molecule has 1 aliphatic rings. The van der Waals surface area contributed by atoms with Gasteiger partial charge in [-0.2, -0.15) is 0 Å². The molecule has 8 nitrogen and oxygen atoms in total. The molecule has 1 amide bonds. The van der Waals surface area contributed by atoms with E-state index in [0.29, 0.717) is 0 Å². The second-order valence-electron chi connectivity index (χ2n) is 5.17. The summed E-state index contributed by atoms with van der Waals surface area (Å²) in [5.41, 5.74) is 0. The van der Waals surface area contributed by atoms with Gasteiger partial charge in [-0.3, -0.25) is 4.79 Å². The summed E-state index contributed by atoms with van der Waals surface area (Å²) in [6, 6.07) is -0.609. The third-order valence-electron chi connectivity index (χ3n) is 3.26. The third kappa shape index (κ3) is 4.92. The Bertz CT molecular complexity index is 360. The second-order valence-corrected chi connectivity index (χ2v) is 5.17. The van der Waals surface area contributed by atoms with Gasteiger partial charge in [-0.25, -0.2) is 4.79 Å². The first-order valence-electron chi connectivity index (χ1n) is 6.80. The Morgan fingerprint density at radius 3 is 2.62 bits per heavy atom. The summed E-state index contributed by atoms with van der Waals surface area (Å²) in [6.07, 6.45) is -2.84. The van der Waals surface area contributed by atoms with E-state index < -0.39 is 30.3 Å². The highest BCUT2D eigenvalue weighted by Gasteiger charge is 2.41. The molecule has 0 aromatic heterocycles. The van der Waals surface area contributed by atoms with Crippen molar-refractivity contribution in [2.24, 2.45) is 5.92 Å². The van der Waals surface area contributed by atoms with Crippen molar-refractivity contribution in [2.75, 3.05) is 26.9 Å². The standard InChI is InChI=1S/C13H23NO7/c1-7(2)13(18)14-8-5-20-9(4-15)11(17)12(8)21-6-10(16)19-3/h7-9,11-12,15,17H,4-6H2,1-3H3,(H,14,18)/t8-,9?,11?,12?/m1/s1. The molecule has 0 aromatic rings. The highest BCUT2D eigenvalue weighted by atomic mass is 16.6. The number of amides is 1. The molecule has 0 bridgehead atoms. The summed E-state index contributed by atoms with van der Waals surface area (Å²) in [4.78, 5) is 22.9. The van der Waals surface area contributed by atoms with Crippen LogP contribution >= 0.6 is 0 Å². The highest BCUT2D eigenvalue weighted by Crippen LogP contribution is 2.19. The van der Waals surface area contributed by atoms with Crippen molar-refractivity contribution in [3.63, 3.8) is 0 Å². The van der Waals surface area contributed by atoms with Crippen LogP contribution in [0.15, 0.2) is 0 Å². The molecule has 0 saturated carbocycles. The number of aliphatic hydroxyl groups excluding tert-OH is 2. The summed E-state index contributed by atoms with van der Waals surface area (Å²) in [6.45, 7) is 2.80. The first-order chi connectivity index (χ1) is 9.90. The van der Waals surface area contributed by atoms with E-state index in [-0.39, 0.29) is 31.6 Å². The Kier molecular flexibility index (Phi) is 7.03. The molecule has 122 valence electrons. The van der Waals surface area contributed by atoms with E-state index >= 15 is 0 Å². The molecule has 1 heterocycles. The van der Waals surface area contributed by atoms with Crippen LogP contribution in [0.1, 0.15) is 13.8 Å². The maximum atomic E-state index is 11.8. The molecule has 0 spiro atoms. The Morgan fingerprint density at radius 2 is 2.10 bits per heavy atom. The molecule has 3 unspecified atom stereocenters. The van der Waals surface area contributed by atoms with E-state index in [1.54, 1.807) is 13.8 Å². The van der Waals surface area contributed by atoms with E-state index in [1.807, 2.05) is 0 Å². The van der Waals surface area contributed by atoms with Gasteiger partial charge in [-0.15, -0.1) is 0 Å². The van der Waals surface area contributed by atoms with Gasteiger partial charge >= 0.3 is 5.97 Å². The fourth-order valence-corrected chi connectivity index (χ4v) is 1.94. The van der Waals surface area contributed by atoms with Crippen molar-refractivity contribution in [1.29, 1.82) is 0 Å². The number of carbonyl (C=O) groups excluding carboxylic acids is 2. The zero-order valence-electron chi connectivity index (χ0n) is 12.4. The highest BCUT2D eigenvalue weighted by molar-refractivity contribution is 5.78. The fraction of sp³-hybridized carbons (Fsp3) is 0.846. The van der Waals surface area contributed by atoms with Gasteiger partial charge < -0.3 is 29.7 Å². The van der Waals surface area contributed by atoms with Gasteiger partial charge in [0.1, 0.15) is 24.9 Å². The molecule has 0 aromatic carbocycles. The van der Waals surface area contributed by atoms with Crippen LogP contribution in [0.3, 0.4) is 0 Å². The minimum atomic E-state index is -1.16. The quantitative estimate of drug-likeness (QED) is 0.508. The lowest BCUT2D eigenvalue weighted by atomic mass is 9.97. The molecule has 0 radical (unpaired) electrons. The van der Waals surface area contributed by atoms with Crippen molar-refractivity contribution < 1.29 is 34.0 Å². The minimum Gasteiger partial charge on any atom is -0.467 e. The van der Waals surface area contributed by atoms with E-state index in [0.717, 1.165) is 0 Å². The molecule has 4 atom stereocenters. The monoisotopic (exact) mass is 305 g/mol. The summed E-state index contributed by atoms with van der Waals surface area (Å²) < 4.78 is 15.1. The Labute approximate surface area is 123 Å². The summed E-state index contributed by atoms with van der Waals surface area (Å²) in [5.74, 6) is -1.05. The maximum Gasteiger partial charge on any atom is 0.331 e. The van der Waals surface area contributed by atoms with Crippen LogP contribution in [0, 0.1) is 5.92 Å². The molecular weight excluding hydrogens is 282 g/mol. The van der Waals surface area contributed by atoms with Gasteiger partial charge in [0.15, 0.2) is 0 Å². The average molecular weight is 305 g/mol. The number of esters is 1. The van der Waals surface area contributed by atoms with Crippen LogP contribution < -0.4 is 5.32 Å². The van der Waals surface area contributed by atoms with Crippen LogP contribution in [0.2, 0.25) is 0 Å². The van der Waals surface area contributed by atoms with Crippen molar-refractivity contribution in [1.82, 2.24) is 5.32 Å². The number of ether oxygens (including phenoxy) is 3. The number of hydrogen-bond acceptors (Lipinski definition) is 7. The number of aliphatic hydroxyl groups is 2. The Hall–Kier alpha value is -1.22. The molecule has 1 saturated heterocycles. The van der Waals surface area contributed by atoms with Gasteiger partial charge in [-0.05, 0) is 0 Å². The molecule has 0 aliphatic carbocycles. The van der Waals surface area contributed by atoms with E-state index in [1.165, 1.54) is 7.11 Å². The third-order valence-corrected chi connectivity index (χ3v) is 3.26. The second kappa shape index (κ2) is 8.28. The lowest BCUT2D eigenvalue weighted by Crippen LogP contribution is -2.61. The predicted octanol–water partition coefficient (Wildman–Crippen LogP) is -1.56. The molecule has 8 heteroatoms. The maximum absolute atomic E-state index is 11.8. The normalized spacial score (nSPS) is 29.2. The van der Waals surface area contributed by atoms with Crippen molar-refractivity contribution >= 4 is 11.9 Å². The Balaban J connectivity index is 2.73. The van der Waals surface area contributed by atoms with E-state index in [4.69, 9.17) is 14.6 Å². The van der Waals surface area contributed by atoms with Crippen LogP contribution in [0.5, 0.6) is 0 Å². The fourth-order valence-electron chi connectivity index (χ4n) is 1.94. The van der Waals surface area contributed by atoms with E-state index in [9.17, 15) is 14.7 Å². The van der Waals surface area contributed by atoms with Crippen LogP contribution in [-0.4, -0.2) is 73.4 Å². The molecule has 21 heavy (non-hydrogen) atoms. The van der Waals surface area contributed by atoms with E-state index in [2.05, 4.69) is 10.1 Å². The number of nitrogens with one attached hydrogen (secondary N) is 1. The first-order valence-corrected chi connectivity index (χ1v) is 6.80. The van der Waals surface area contributed by atoms with Gasteiger partial charge in [0.05, 0.1) is 26.4 Å². The Morgan fingerprint density at radius 1 is 1.43 bits per heavy atom. The molecule has 1 aliphatic heterocycles. The van der Waals surface area contributed by atoms with Crippen molar-refractivity contribution in [3.8, 4) is 0 Å². The predicted molar refractivity (Wildman–Crippen MR) is 71.4 cm³/mol. The van der Waals surface area contributed by atoms with Gasteiger partial charge in [-0.1, -0.05) is 13.8 Å². The molecule has 1 fully saturated rings. The molecular formula is C13H23NO7. The molecule has 1 rings (SSSR count). The van der Waals surface area contributed by atoms with Crippen LogP contribution in [0.25, 0.3) is 0 Å². The van der Waals surface area contributed by atoms with Gasteiger partial charge in [0.2, 0.25) is 5.91 Å². The largest absolute Gasteiger partial charge is 0.467 e. The average Bonchev–Trinajstić information content (AvgIpc) is 2.46. The summed E-state index contributed by atoms with van der Waals surface area (Å²) in [7, 11) is 1.22. The number of carbonyl (C=O) groups is 2. The van der Waals surface area contributed by atoms with Crippen molar-refractivity contribution in [2.45, 2.75) is 38.2 Å². The minimum absolute atomic E-state index is 0.0760. The van der Waals surface area contributed by atoms with Gasteiger partial charge in [0, 0.05) is 5.92 Å². The zero-order valence-corrected chi connectivity index (χ0v) is 12.4. The number of rotatable bonds is 6. The summed E-state index contributed by atoms with van der Waals surface area (Å²) >= 11 is 0. The van der Waals surface area contributed by atoms with Gasteiger partial charge in [0.25, 0.3) is 0 Å². The van der Waals surface area contributed by atoms with Crippen molar-refractivity contribution in [3.05, 3.63) is 0 Å². The first kappa shape index (κ1) is 17.8. The SMILES string of the molecule is COC(=O)COC1C(O)C(CO)OC[C@H]1NC(=O)C(C)C. The lowest BCUT2D eigenvalue weighted by Gasteiger charge is -2.39. The van der Waals surface area contributed by atoms with Crippen LogP contribution in [0.4, 0.5) is 0 Å². The topological polar surface area (TPSA) is 114 Å².